The third-order valence-electron chi connectivity index (χ3n) is 3.95. The molecule has 0 aromatic heterocycles. The van der Waals surface area contributed by atoms with Gasteiger partial charge in [0, 0.05) is 24.8 Å². The van der Waals surface area contributed by atoms with Crippen LogP contribution in [-0.4, -0.2) is 29.1 Å². The van der Waals surface area contributed by atoms with Crippen molar-refractivity contribution in [2.24, 2.45) is 5.92 Å². The molecule has 1 aromatic carbocycles. The van der Waals surface area contributed by atoms with E-state index in [0.717, 1.165) is 18.0 Å². The van der Waals surface area contributed by atoms with Crippen LogP contribution in [-0.2, 0) is 0 Å². The molecule has 0 bridgehead atoms. The normalized spacial score (nSPS) is 27.1. The van der Waals surface area contributed by atoms with Crippen LogP contribution < -0.4 is 5.73 Å². The molecule has 3 N–H and O–H groups in total. The number of benzene rings is 1. The Hall–Kier alpha value is -1.06. The van der Waals surface area contributed by atoms with Crippen LogP contribution in [0.5, 0.6) is 0 Å². The van der Waals surface area contributed by atoms with E-state index in [-0.39, 0.29) is 0 Å². The highest BCUT2D eigenvalue weighted by atomic mass is 16.3. The number of piperidine rings is 1. The molecule has 0 saturated carbocycles. The molecule has 100 valence electrons. The molecule has 0 radical (unpaired) electrons. The molecule has 0 aliphatic carbocycles. The Labute approximate surface area is 110 Å². The lowest BCUT2D eigenvalue weighted by molar-refractivity contribution is 0.0568. The summed E-state index contributed by atoms with van der Waals surface area (Å²) in [5, 5.41) is 10.3. The van der Waals surface area contributed by atoms with Gasteiger partial charge in [0.05, 0.1) is 6.10 Å². The molecule has 3 heteroatoms. The summed E-state index contributed by atoms with van der Waals surface area (Å²) in [6, 6.07) is 8.12. The highest BCUT2D eigenvalue weighted by molar-refractivity contribution is 5.41. The average molecular weight is 248 g/mol. The first-order chi connectivity index (χ1) is 8.56. The summed E-state index contributed by atoms with van der Waals surface area (Å²) >= 11 is 0. The van der Waals surface area contributed by atoms with Crippen molar-refractivity contribution < 1.29 is 5.11 Å². The Kier molecular flexibility index (Phi) is 4.25. The lowest BCUT2D eigenvalue weighted by Gasteiger charge is -2.37. The van der Waals surface area contributed by atoms with Gasteiger partial charge in [-0.3, -0.25) is 4.90 Å². The van der Waals surface area contributed by atoms with Crippen molar-refractivity contribution in [3.05, 3.63) is 29.8 Å². The topological polar surface area (TPSA) is 49.5 Å². The number of nitrogens with zero attached hydrogens (tertiary/aromatic N) is 1. The molecule has 0 spiro atoms. The minimum atomic E-state index is -0.443. The van der Waals surface area contributed by atoms with Gasteiger partial charge in [-0.1, -0.05) is 19.1 Å². The van der Waals surface area contributed by atoms with E-state index in [1.54, 1.807) is 0 Å². The number of anilines is 1. The molecule has 18 heavy (non-hydrogen) atoms. The summed E-state index contributed by atoms with van der Waals surface area (Å²) in [5.74, 6) is 0.731. The molecule has 2 rings (SSSR count). The first-order valence-corrected chi connectivity index (χ1v) is 6.84. The van der Waals surface area contributed by atoms with Crippen LogP contribution in [0.25, 0.3) is 0 Å². The van der Waals surface area contributed by atoms with Crippen molar-refractivity contribution >= 4 is 5.69 Å². The number of β-amino-alcohol motifs (C(OH)–C–C–N with tert-alkyl or cyclic N) is 1. The zero-order valence-corrected chi connectivity index (χ0v) is 11.3. The molecular formula is C15H24N2O. The number of rotatable bonds is 3. The predicted octanol–water partition coefficient (Wildman–Crippen LogP) is 2.42. The zero-order chi connectivity index (χ0) is 13.1. The fourth-order valence-electron chi connectivity index (χ4n) is 2.73. The summed E-state index contributed by atoms with van der Waals surface area (Å²) in [6.07, 6.45) is 2.08. The molecule has 3 nitrogen and oxygen atoms in total. The van der Waals surface area contributed by atoms with Crippen molar-refractivity contribution in [2.75, 3.05) is 18.8 Å². The lowest BCUT2D eigenvalue weighted by atomic mass is 9.94. The van der Waals surface area contributed by atoms with Gasteiger partial charge in [0.25, 0.3) is 0 Å². The summed E-state index contributed by atoms with van der Waals surface area (Å²) < 4.78 is 0. The second-order valence-electron chi connectivity index (χ2n) is 5.67. The number of nitrogens with two attached hydrogens (primary N) is 1. The number of hydrogen-bond donors (Lipinski definition) is 2. The molecule has 1 saturated heterocycles. The van der Waals surface area contributed by atoms with E-state index < -0.39 is 6.10 Å². The van der Waals surface area contributed by atoms with Crippen LogP contribution in [0.2, 0.25) is 0 Å². The molecule has 1 aromatic rings. The fourth-order valence-corrected chi connectivity index (χ4v) is 2.73. The number of aliphatic hydroxyl groups is 1. The third kappa shape index (κ3) is 3.24. The maximum absolute atomic E-state index is 10.3. The van der Waals surface area contributed by atoms with E-state index >= 15 is 0 Å². The SMILES string of the molecule is CC1CCC(C)N(CC(O)c2cccc(N)c2)C1. The summed E-state index contributed by atoms with van der Waals surface area (Å²) in [6.45, 7) is 6.32. The van der Waals surface area contributed by atoms with Crippen molar-refractivity contribution in [3.63, 3.8) is 0 Å². The molecule has 0 amide bonds. The van der Waals surface area contributed by atoms with Crippen LogP contribution in [0.15, 0.2) is 24.3 Å². The minimum Gasteiger partial charge on any atom is -0.399 e. The molecule has 1 aliphatic heterocycles. The molecule has 1 fully saturated rings. The number of hydrogen-bond acceptors (Lipinski definition) is 3. The monoisotopic (exact) mass is 248 g/mol. The van der Waals surface area contributed by atoms with Gasteiger partial charge in [-0.05, 0) is 43.4 Å². The van der Waals surface area contributed by atoms with Gasteiger partial charge in [-0.25, -0.2) is 0 Å². The Morgan fingerprint density at radius 3 is 2.89 bits per heavy atom. The largest absolute Gasteiger partial charge is 0.399 e. The zero-order valence-electron chi connectivity index (χ0n) is 11.3. The van der Waals surface area contributed by atoms with Gasteiger partial charge in [0.2, 0.25) is 0 Å². The van der Waals surface area contributed by atoms with E-state index in [4.69, 9.17) is 5.73 Å². The predicted molar refractivity (Wildman–Crippen MR) is 75.2 cm³/mol. The Bertz CT molecular complexity index is 394. The third-order valence-corrected chi connectivity index (χ3v) is 3.95. The van der Waals surface area contributed by atoms with Crippen molar-refractivity contribution in [1.82, 2.24) is 4.90 Å². The van der Waals surface area contributed by atoms with Crippen LogP contribution in [0.3, 0.4) is 0 Å². The van der Waals surface area contributed by atoms with E-state index in [2.05, 4.69) is 18.7 Å². The highest BCUT2D eigenvalue weighted by Gasteiger charge is 2.24. The van der Waals surface area contributed by atoms with E-state index in [9.17, 15) is 5.11 Å². The number of nitrogen functional groups attached to an aromatic ring is 1. The Morgan fingerprint density at radius 1 is 1.39 bits per heavy atom. The summed E-state index contributed by atoms with van der Waals surface area (Å²) in [5.41, 5.74) is 7.39. The van der Waals surface area contributed by atoms with Gasteiger partial charge in [-0.15, -0.1) is 0 Å². The van der Waals surface area contributed by atoms with Gasteiger partial charge in [-0.2, -0.15) is 0 Å². The smallest absolute Gasteiger partial charge is 0.0917 e. The highest BCUT2D eigenvalue weighted by Crippen LogP contribution is 2.24. The quantitative estimate of drug-likeness (QED) is 0.808. The lowest BCUT2D eigenvalue weighted by Crippen LogP contribution is -2.43. The van der Waals surface area contributed by atoms with Crippen molar-refractivity contribution in [2.45, 2.75) is 38.8 Å². The summed E-state index contributed by atoms with van der Waals surface area (Å²) in [4.78, 5) is 2.39. The molecule has 1 heterocycles. The van der Waals surface area contributed by atoms with Gasteiger partial charge in [0.15, 0.2) is 0 Å². The molecule has 1 aliphatic rings. The maximum atomic E-state index is 10.3. The fraction of sp³-hybridized carbons (Fsp3) is 0.600. The second kappa shape index (κ2) is 5.72. The first-order valence-electron chi connectivity index (χ1n) is 6.84. The Balaban J connectivity index is 2.00. The van der Waals surface area contributed by atoms with E-state index in [1.165, 1.54) is 12.8 Å². The van der Waals surface area contributed by atoms with E-state index in [0.29, 0.717) is 18.3 Å². The minimum absolute atomic E-state index is 0.443. The number of likely N-dealkylation sites (tertiary alicyclic amines) is 1. The average Bonchev–Trinajstić information content (AvgIpc) is 2.34. The standard InChI is InChI=1S/C15H24N2O/c1-11-6-7-12(2)17(9-11)10-15(18)13-4-3-5-14(16)8-13/h3-5,8,11-12,15,18H,6-7,9-10,16H2,1-2H3. The van der Waals surface area contributed by atoms with E-state index in [1.807, 2.05) is 24.3 Å². The molecule has 3 unspecified atom stereocenters. The van der Waals surface area contributed by atoms with Crippen molar-refractivity contribution in [1.29, 1.82) is 0 Å². The molecule has 3 atom stereocenters. The van der Waals surface area contributed by atoms with Gasteiger partial charge in [0.1, 0.15) is 0 Å². The van der Waals surface area contributed by atoms with Crippen LogP contribution in [0.4, 0.5) is 5.69 Å². The summed E-state index contributed by atoms with van der Waals surface area (Å²) in [7, 11) is 0. The van der Waals surface area contributed by atoms with Crippen LogP contribution in [0.1, 0.15) is 38.4 Å². The van der Waals surface area contributed by atoms with Crippen LogP contribution in [0, 0.1) is 5.92 Å². The maximum Gasteiger partial charge on any atom is 0.0917 e. The Morgan fingerprint density at radius 2 is 2.17 bits per heavy atom. The second-order valence-corrected chi connectivity index (χ2v) is 5.67. The van der Waals surface area contributed by atoms with Gasteiger partial charge < -0.3 is 10.8 Å². The number of aliphatic hydroxyl groups excluding tert-OH is 1. The van der Waals surface area contributed by atoms with Gasteiger partial charge >= 0.3 is 0 Å². The van der Waals surface area contributed by atoms with Crippen molar-refractivity contribution in [3.8, 4) is 0 Å². The molecular weight excluding hydrogens is 224 g/mol. The van der Waals surface area contributed by atoms with Crippen LogP contribution >= 0.6 is 0 Å². The first kappa shape index (κ1) is 13.4.